The average molecular weight is 178 g/mol. The van der Waals surface area contributed by atoms with Gasteiger partial charge in [-0.1, -0.05) is 24.8 Å². The Hall–Kier alpha value is -1.28. The SMILES string of the molecule is C=CCOc1cccc([C@@H](C)O)c1. The minimum Gasteiger partial charge on any atom is -0.490 e. The summed E-state index contributed by atoms with van der Waals surface area (Å²) >= 11 is 0. The maximum absolute atomic E-state index is 9.30. The third-order valence-electron chi connectivity index (χ3n) is 1.71. The quantitative estimate of drug-likeness (QED) is 0.717. The largest absolute Gasteiger partial charge is 0.490 e. The molecule has 13 heavy (non-hydrogen) atoms. The van der Waals surface area contributed by atoms with E-state index >= 15 is 0 Å². The molecule has 0 aliphatic carbocycles. The molecular weight excluding hydrogens is 164 g/mol. The minimum absolute atomic E-state index is 0.452. The predicted octanol–water partition coefficient (Wildman–Crippen LogP) is 2.30. The van der Waals surface area contributed by atoms with Crippen molar-refractivity contribution >= 4 is 0 Å². The lowest BCUT2D eigenvalue weighted by atomic mass is 10.1. The second-order valence-corrected chi connectivity index (χ2v) is 2.85. The number of aliphatic hydroxyl groups excluding tert-OH is 1. The summed E-state index contributed by atoms with van der Waals surface area (Å²) in [5, 5.41) is 9.30. The predicted molar refractivity (Wildman–Crippen MR) is 52.8 cm³/mol. The molecule has 2 heteroatoms. The van der Waals surface area contributed by atoms with Crippen molar-refractivity contribution in [1.82, 2.24) is 0 Å². The molecular formula is C11H14O2. The first-order valence-corrected chi connectivity index (χ1v) is 4.25. The highest BCUT2D eigenvalue weighted by atomic mass is 16.5. The van der Waals surface area contributed by atoms with Gasteiger partial charge in [-0.05, 0) is 24.6 Å². The molecule has 70 valence electrons. The molecule has 0 amide bonds. The molecule has 0 aromatic heterocycles. The number of aliphatic hydroxyl groups is 1. The van der Waals surface area contributed by atoms with Crippen molar-refractivity contribution in [2.45, 2.75) is 13.0 Å². The summed E-state index contributed by atoms with van der Waals surface area (Å²) in [5.74, 6) is 0.762. The van der Waals surface area contributed by atoms with Gasteiger partial charge < -0.3 is 9.84 Å². The van der Waals surface area contributed by atoms with E-state index in [0.717, 1.165) is 11.3 Å². The molecule has 0 unspecified atom stereocenters. The lowest BCUT2D eigenvalue weighted by molar-refractivity contribution is 0.198. The van der Waals surface area contributed by atoms with Crippen LogP contribution in [0.3, 0.4) is 0 Å². The number of hydrogen-bond donors (Lipinski definition) is 1. The summed E-state index contributed by atoms with van der Waals surface area (Å²) in [6.07, 6.45) is 1.24. The van der Waals surface area contributed by atoms with Gasteiger partial charge in [-0.15, -0.1) is 0 Å². The first kappa shape index (κ1) is 9.81. The lowest BCUT2D eigenvalue weighted by Crippen LogP contribution is -1.95. The van der Waals surface area contributed by atoms with Crippen molar-refractivity contribution in [3.05, 3.63) is 42.5 Å². The summed E-state index contributed by atoms with van der Waals surface area (Å²) < 4.78 is 5.32. The molecule has 0 aliphatic rings. The fourth-order valence-electron chi connectivity index (χ4n) is 1.02. The van der Waals surface area contributed by atoms with E-state index in [-0.39, 0.29) is 0 Å². The Morgan fingerprint density at radius 2 is 2.38 bits per heavy atom. The first-order chi connectivity index (χ1) is 6.24. The average Bonchev–Trinajstić information content (AvgIpc) is 2.15. The third-order valence-corrected chi connectivity index (χ3v) is 1.71. The van der Waals surface area contributed by atoms with Crippen molar-refractivity contribution < 1.29 is 9.84 Å². The van der Waals surface area contributed by atoms with Crippen LogP contribution in [0.1, 0.15) is 18.6 Å². The van der Waals surface area contributed by atoms with Gasteiger partial charge in [-0.25, -0.2) is 0 Å². The normalized spacial score (nSPS) is 12.2. The van der Waals surface area contributed by atoms with Crippen molar-refractivity contribution in [1.29, 1.82) is 0 Å². The van der Waals surface area contributed by atoms with Gasteiger partial charge in [0.25, 0.3) is 0 Å². The molecule has 0 heterocycles. The van der Waals surface area contributed by atoms with Crippen LogP contribution < -0.4 is 4.74 Å². The molecule has 1 rings (SSSR count). The van der Waals surface area contributed by atoms with E-state index in [2.05, 4.69) is 6.58 Å². The molecule has 1 N–H and O–H groups in total. The highest BCUT2D eigenvalue weighted by molar-refractivity contribution is 5.29. The van der Waals surface area contributed by atoms with Gasteiger partial charge in [-0.2, -0.15) is 0 Å². The van der Waals surface area contributed by atoms with Crippen LogP contribution in [0.4, 0.5) is 0 Å². The summed E-state index contributed by atoms with van der Waals surface area (Å²) in [7, 11) is 0. The van der Waals surface area contributed by atoms with E-state index in [9.17, 15) is 5.11 Å². The second-order valence-electron chi connectivity index (χ2n) is 2.85. The van der Waals surface area contributed by atoms with E-state index < -0.39 is 6.10 Å². The molecule has 0 fully saturated rings. The monoisotopic (exact) mass is 178 g/mol. The molecule has 1 atom stereocenters. The number of benzene rings is 1. The second kappa shape index (κ2) is 4.67. The van der Waals surface area contributed by atoms with Crippen LogP contribution in [0.5, 0.6) is 5.75 Å². The van der Waals surface area contributed by atoms with Crippen LogP contribution in [-0.4, -0.2) is 11.7 Å². The maximum atomic E-state index is 9.30. The van der Waals surface area contributed by atoms with Crippen LogP contribution in [0.15, 0.2) is 36.9 Å². The summed E-state index contributed by atoms with van der Waals surface area (Å²) in [6, 6.07) is 7.41. The maximum Gasteiger partial charge on any atom is 0.120 e. The topological polar surface area (TPSA) is 29.5 Å². The van der Waals surface area contributed by atoms with Crippen LogP contribution in [0.2, 0.25) is 0 Å². The zero-order valence-corrected chi connectivity index (χ0v) is 7.73. The Bertz CT molecular complexity index is 279. The number of hydrogen-bond acceptors (Lipinski definition) is 2. The molecule has 0 saturated carbocycles. The molecule has 0 aliphatic heterocycles. The van der Waals surface area contributed by atoms with Gasteiger partial charge in [0.2, 0.25) is 0 Å². The van der Waals surface area contributed by atoms with E-state index in [1.165, 1.54) is 0 Å². The van der Waals surface area contributed by atoms with Gasteiger partial charge >= 0.3 is 0 Å². The van der Waals surface area contributed by atoms with Crippen molar-refractivity contribution in [3.63, 3.8) is 0 Å². The summed E-state index contributed by atoms with van der Waals surface area (Å²) in [4.78, 5) is 0. The highest BCUT2D eigenvalue weighted by Crippen LogP contribution is 2.18. The van der Waals surface area contributed by atoms with E-state index in [1.54, 1.807) is 13.0 Å². The Labute approximate surface area is 78.5 Å². The Balaban J connectivity index is 2.73. The molecule has 1 aromatic carbocycles. The van der Waals surface area contributed by atoms with Crippen LogP contribution in [-0.2, 0) is 0 Å². The summed E-state index contributed by atoms with van der Waals surface area (Å²) in [6.45, 7) is 5.78. The lowest BCUT2D eigenvalue weighted by Gasteiger charge is -2.07. The molecule has 1 aromatic rings. The third kappa shape index (κ3) is 2.92. The first-order valence-electron chi connectivity index (χ1n) is 4.25. The summed E-state index contributed by atoms with van der Waals surface area (Å²) in [5.41, 5.74) is 0.863. The van der Waals surface area contributed by atoms with Crippen LogP contribution in [0.25, 0.3) is 0 Å². The Morgan fingerprint density at radius 3 is 3.00 bits per heavy atom. The highest BCUT2D eigenvalue weighted by Gasteiger charge is 2.01. The van der Waals surface area contributed by atoms with Gasteiger partial charge in [0.05, 0.1) is 6.10 Å². The van der Waals surface area contributed by atoms with Crippen LogP contribution in [0, 0.1) is 0 Å². The van der Waals surface area contributed by atoms with E-state index in [1.807, 2.05) is 24.3 Å². The number of ether oxygens (including phenoxy) is 1. The molecule has 0 radical (unpaired) electrons. The van der Waals surface area contributed by atoms with Gasteiger partial charge in [0.1, 0.15) is 12.4 Å². The minimum atomic E-state index is -0.452. The Kier molecular flexibility index (Phi) is 3.53. The van der Waals surface area contributed by atoms with Crippen molar-refractivity contribution in [2.75, 3.05) is 6.61 Å². The fourth-order valence-corrected chi connectivity index (χ4v) is 1.02. The molecule has 0 bridgehead atoms. The molecule has 2 nitrogen and oxygen atoms in total. The van der Waals surface area contributed by atoms with Gasteiger partial charge in [-0.3, -0.25) is 0 Å². The number of rotatable bonds is 4. The molecule has 0 spiro atoms. The Morgan fingerprint density at radius 1 is 1.62 bits per heavy atom. The van der Waals surface area contributed by atoms with Crippen LogP contribution >= 0.6 is 0 Å². The van der Waals surface area contributed by atoms with E-state index in [4.69, 9.17) is 4.74 Å². The zero-order chi connectivity index (χ0) is 9.68. The standard InChI is InChI=1S/C11H14O2/c1-3-7-13-11-6-4-5-10(8-11)9(2)12/h3-6,8-9,12H,1,7H2,2H3/t9-/m1/s1. The van der Waals surface area contributed by atoms with Crippen molar-refractivity contribution in [3.8, 4) is 5.75 Å². The van der Waals surface area contributed by atoms with E-state index in [0.29, 0.717) is 6.61 Å². The van der Waals surface area contributed by atoms with Gasteiger partial charge in [0, 0.05) is 0 Å². The van der Waals surface area contributed by atoms with Gasteiger partial charge in [0.15, 0.2) is 0 Å². The smallest absolute Gasteiger partial charge is 0.120 e. The molecule has 0 saturated heterocycles. The fraction of sp³-hybridized carbons (Fsp3) is 0.273. The zero-order valence-electron chi connectivity index (χ0n) is 7.73. The van der Waals surface area contributed by atoms with Crippen molar-refractivity contribution in [2.24, 2.45) is 0 Å².